The lowest BCUT2D eigenvalue weighted by atomic mass is 10.1. The van der Waals surface area contributed by atoms with Gasteiger partial charge in [0, 0.05) is 25.7 Å². The predicted molar refractivity (Wildman–Crippen MR) is 85.2 cm³/mol. The molecule has 2 aromatic rings. The Morgan fingerprint density at radius 3 is 2.05 bits per heavy atom. The van der Waals surface area contributed by atoms with Crippen molar-refractivity contribution in [1.82, 2.24) is 4.90 Å². The molecular formula is C18H24N2. The molecule has 0 aliphatic heterocycles. The minimum atomic E-state index is 0.501. The molecule has 0 bridgehead atoms. The molecule has 2 N–H and O–H groups in total. The van der Waals surface area contributed by atoms with E-state index >= 15 is 0 Å². The highest BCUT2D eigenvalue weighted by Crippen LogP contribution is 2.16. The molecule has 0 fully saturated rings. The van der Waals surface area contributed by atoms with Crippen LogP contribution in [0.3, 0.4) is 0 Å². The van der Waals surface area contributed by atoms with Gasteiger partial charge >= 0.3 is 0 Å². The number of rotatable bonds is 6. The Bertz CT molecular complexity index is 520. The molecule has 2 nitrogen and oxygen atoms in total. The Hall–Kier alpha value is -1.64. The fourth-order valence-electron chi connectivity index (χ4n) is 2.37. The Kier molecular flexibility index (Phi) is 5.33. The van der Waals surface area contributed by atoms with Crippen LogP contribution >= 0.6 is 0 Å². The summed E-state index contributed by atoms with van der Waals surface area (Å²) in [5.41, 5.74) is 9.76. The molecule has 0 heterocycles. The highest BCUT2D eigenvalue weighted by Gasteiger charge is 2.12. The van der Waals surface area contributed by atoms with Crippen molar-refractivity contribution in [3.63, 3.8) is 0 Å². The van der Waals surface area contributed by atoms with E-state index in [2.05, 4.69) is 73.3 Å². The van der Waals surface area contributed by atoms with E-state index in [4.69, 9.17) is 5.73 Å². The van der Waals surface area contributed by atoms with Crippen LogP contribution in [0.15, 0.2) is 54.6 Å². The third-order valence-corrected chi connectivity index (χ3v) is 3.67. The first-order chi connectivity index (χ1) is 9.70. The fourth-order valence-corrected chi connectivity index (χ4v) is 2.37. The zero-order valence-electron chi connectivity index (χ0n) is 12.4. The SMILES string of the molecule is CC(C)N(Cc1ccccc1)Cc1ccccc1CN. The predicted octanol–water partition coefficient (Wildman–Crippen LogP) is 3.56. The van der Waals surface area contributed by atoms with E-state index in [1.165, 1.54) is 16.7 Å². The third-order valence-electron chi connectivity index (χ3n) is 3.67. The lowest BCUT2D eigenvalue weighted by Gasteiger charge is -2.27. The quantitative estimate of drug-likeness (QED) is 0.868. The van der Waals surface area contributed by atoms with Gasteiger partial charge in [-0.15, -0.1) is 0 Å². The van der Waals surface area contributed by atoms with Crippen LogP contribution in [-0.2, 0) is 19.6 Å². The first kappa shape index (κ1) is 14.8. The summed E-state index contributed by atoms with van der Waals surface area (Å²) in [6.45, 7) is 7.01. The Morgan fingerprint density at radius 1 is 0.850 bits per heavy atom. The van der Waals surface area contributed by atoms with Gasteiger partial charge in [-0.25, -0.2) is 0 Å². The number of hydrogen-bond donors (Lipinski definition) is 1. The van der Waals surface area contributed by atoms with Crippen molar-refractivity contribution in [3.05, 3.63) is 71.3 Å². The highest BCUT2D eigenvalue weighted by molar-refractivity contribution is 5.27. The van der Waals surface area contributed by atoms with Crippen LogP contribution in [-0.4, -0.2) is 10.9 Å². The minimum Gasteiger partial charge on any atom is -0.326 e. The van der Waals surface area contributed by atoms with E-state index in [0.717, 1.165) is 13.1 Å². The van der Waals surface area contributed by atoms with Gasteiger partial charge in [0.15, 0.2) is 0 Å². The van der Waals surface area contributed by atoms with Crippen molar-refractivity contribution >= 4 is 0 Å². The van der Waals surface area contributed by atoms with E-state index in [1.54, 1.807) is 0 Å². The monoisotopic (exact) mass is 268 g/mol. The van der Waals surface area contributed by atoms with Crippen molar-refractivity contribution in [2.75, 3.05) is 0 Å². The molecular weight excluding hydrogens is 244 g/mol. The van der Waals surface area contributed by atoms with Gasteiger partial charge in [-0.1, -0.05) is 54.6 Å². The lowest BCUT2D eigenvalue weighted by molar-refractivity contribution is 0.203. The second-order valence-electron chi connectivity index (χ2n) is 5.46. The second kappa shape index (κ2) is 7.22. The molecule has 0 radical (unpaired) electrons. The molecule has 0 aliphatic rings. The van der Waals surface area contributed by atoms with Crippen LogP contribution in [0.2, 0.25) is 0 Å². The summed E-state index contributed by atoms with van der Waals surface area (Å²) >= 11 is 0. The summed E-state index contributed by atoms with van der Waals surface area (Å²) in [7, 11) is 0. The van der Waals surface area contributed by atoms with Crippen molar-refractivity contribution < 1.29 is 0 Å². The molecule has 2 aromatic carbocycles. The molecule has 0 unspecified atom stereocenters. The first-order valence-corrected chi connectivity index (χ1v) is 7.25. The Labute approximate surface area is 122 Å². The van der Waals surface area contributed by atoms with E-state index < -0.39 is 0 Å². The first-order valence-electron chi connectivity index (χ1n) is 7.25. The van der Waals surface area contributed by atoms with Crippen LogP contribution in [0, 0.1) is 0 Å². The highest BCUT2D eigenvalue weighted by atomic mass is 15.1. The summed E-state index contributed by atoms with van der Waals surface area (Å²) in [4.78, 5) is 2.48. The van der Waals surface area contributed by atoms with Crippen LogP contribution in [0.1, 0.15) is 30.5 Å². The van der Waals surface area contributed by atoms with E-state index in [0.29, 0.717) is 12.6 Å². The zero-order chi connectivity index (χ0) is 14.4. The minimum absolute atomic E-state index is 0.501. The van der Waals surface area contributed by atoms with Gasteiger partial charge in [-0.05, 0) is 30.5 Å². The molecule has 0 aromatic heterocycles. The average molecular weight is 268 g/mol. The Morgan fingerprint density at radius 2 is 1.45 bits per heavy atom. The number of hydrogen-bond acceptors (Lipinski definition) is 2. The van der Waals surface area contributed by atoms with Gasteiger partial charge < -0.3 is 5.73 Å². The average Bonchev–Trinajstić information content (AvgIpc) is 2.48. The maximum absolute atomic E-state index is 5.84. The van der Waals surface area contributed by atoms with E-state index in [-0.39, 0.29) is 0 Å². The summed E-state index contributed by atoms with van der Waals surface area (Å²) in [6, 6.07) is 19.6. The standard InChI is InChI=1S/C18H24N2/c1-15(2)20(13-16-8-4-3-5-9-16)14-18-11-7-6-10-17(18)12-19/h3-11,15H,12-14,19H2,1-2H3. The van der Waals surface area contributed by atoms with Crippen molar-refractivity contribution in [2.45, 2.75) is 39.5 Å². The summed E-state index contributed by atoms with van der Waals surface area (Å²) in [5, 5.41) is 0. The summed E-state index contributed by atoms with van der Waals surface area (Å²) in [5.74, 6) is 0. The molecule has 0 saturated carbocycles. The van der Waals surface area contributed by atoms with E-state index in [9.17, 15) is 0 Å². The normalized spacial score (nSPS) is 11.2. The maximum atomic E-state index is 5.84. The topological polar surface area (TPSA) is 29.3 Å². The van der Waals surface area contributed by atoms with Gasteiger partial charge in [-0.2, -0.15) is 0 Å². The van der Waals surface area contributed by atoms with Crippen LogP contribution in [0.4, 0.5) is 0 Å². The second-order valence-corrected chi connectivity index (χ2v) is 5.46. The summed E-state index contributed by atoms with van der Waals surface area (Å²) in [6.07, 6.45) is 0. The van der Waals surface area contributed by atoms with E-state index in [1.807, 2.05) is 0 Å². The molecule has 0 amide bonds. The molecule has 106 valence electrons. The number of benzene rings is 2. The molecule has 2 rings (SSSR count). The smallest absolute Gasteiger partial charge is 0.0243 e. The van der Waals surface area contributed by atoms with Gasteiger partial charge in [0.2, 0.25) is 0 Å². The maximum Gasteiger partial charge on any atom is 0.0243 e. The van der Waals surface area contributed by atoms with Crippen molar-refractivity contribution in [1.29, 1.82) is 0 Å². The zero-order valence-corrected chi connectivity index (χ0v) is 12.4. The number of nitrogens with two attached hydrogens (primary N) is 1. The third kappa shape index (κ3) is 3.92. The summed E-state index contributed by atoms with van der Waals surface area (Å²) < 4.78 is 0. The largest absolute Gasteiger partial charge is 0.326 e. The fraction of sp³-hybridized carbons (Fsp3) is 0.333. The molecule has 0 saturated heterocycles. The van der Waals surface area contributed by atoms with Crippen molar-refractivity contribution in [3.8, 4) is 0 Å². The molecule has 0 spiro atoms. The van der Waals surface area contributed by atoms with Crippen LogP contribution in [0.5, 0.6) is 0 Å². The van der Waals surface area contributed by atoms with Crippen molar-refractivity contribution in [2.24, 2.45) is 5.73 Å². The number of nitrogens with zero attached hydrogens (tertiary/aromatic N) is 1. The van der Waals surface area contributed by atoms with Gasteiger partial charge in [0.05, 0.1) is 0 Å². The molecule has 2 heteroatoms. The van der Waals surface area contributed by atoms with Crippen LogP contribution in [0.25, 0.3) is 0 Å². The van der Waals surface area contributed by atoms with Gasteiger partial charge in [0.1, 0.15) is 0 Å². The Balaban J connectivity index is 2.13. The lowest BCUT2D eigenvalue weighted by Crippen LogP contribution is -2.30. The molecule has 0 aliphatic carbocycles. The van der Waals surface area contributed by atoms with Gasteiger partial charge in [0.25, 0.3) is 0 Å². The van der Waals surface area contributed by atoms with Crippen LogP contribution < -0.4 is 5.73 Å². The molecule has 0 atom stereocenters. The molecule has 20 heavy (non-hydrogen) atoms. The van der Waals surface area contributed by atoms with Gasteiger partial charge in [-0.3, -0.25) is 4.90 Å².